The van der Waals surface area contributed by atoms with Crippen molar-refractivity contribution in [3.05, 3.63) is 29.6 Å². The Hall–Kier alpha value is -1.49. The molecule has 102 valence electrons. The topological polar surface area (TPSA) is 59.2 Å². The number of hydrogen-bond donors (Lipinski definition) is 1. The van der Waals surface area contributed by atoms with Gasteiger partial charge in [0.15, 0.2) is 0 Å². The van der Waals surface area contributed by atoms with Gasteiger partial charge in [-0.1, -0.05) is 25.1 Å². The maximum atomic E-state index is 12.1. The Morgan fingerprint density at radius 2 is 2.16 bits per heavy atom. The maximum Gasteiger partial charge on any atom is 0.222 e. The van der Waals surface area contributed by atoms with Gasteiger partial charge in [-0.05, 0) is 30.5 Å². The number of rotatable bonds is 3. The Labute approximate surface area is 119 Å². The molecule has 1 amide bonds. The number of nitrogens with zero attached hydrogens (tertiary/aromatic N) is 2. The molecule has 0 unspecified atom stereocenters. The average Bonchev–Trinajstić information content (AvgIpc) is 2.39. The summed E-state index contributed by atoms with van der Waals surface area (Å²) in [5.74, 6) is 0.244. The molecule has 1 aliphatic heterocycles. The van der Waals surface area contributed by atoms with Crippen molar-refractivity contribution in [2.75, 3.05) is 6.54 Å². The highest BCUT2D eigenvalue weighted by molar-refractivity contribution is 7.80. The van der Waals surface area contributed by atoms with Crippen molar-refractivity contribution < 1.29 is 4.79 Å². The summed E-state index contributed by atoms with van der Waals surface area (Å²) in [5, 5.41) is 0. The predicted octanol–water partition coefficient (Wildman–Crippen LogP) is 2.01. The lowest BCUT2D eigenvalue weighted by atomic mass is 10.1. The lowest BCUT2D eigenvalue weighted by Crippen LogP contribution is -2.32. The number of aromatic nitrogens is 1. The minimum Gasteiger partial charge on any atom is -0.388 e. The van der Waals surface area contributed by atoms with E-state index >= 15 is 0 Å². The van der Waals surface area contributed by atoms with Crippen LogP contribution in [0.3, 0.4) is 0 Å². The second-order valence-electron chi connectivity index (χ2n) is 4.89. The van der Waals surface area contributed by atoms with Gasteiger partial charge in [-0.2, -0.15) is 0 Å². The standard InChI is InChI=1S/C14H19N3OS/c15-14(19)12-9-11(6-7-16-12)10-17-8-4-2-1-3-5-13(17)18/h6-7,9H,1-5,8,10H2,(H2,15,19). The number of thiocarbonyl (C=S) groups is 1. The van der Waals surface area contributed by atoms with Crippen molar-refractivity contribution in [1.82, 2.24) is 9.88 Å². The van der Waals surface area contributed by atoms with Crippen LogP contribution >= 0.6 is 12.2 Å². The fraction of sp³-hybridized carbons (Fsp3) is 0.500. The van der Waals surface area contributed by atoms with Crippen molar-refractivity contribution in [2.45, 2.75) is 38.6 Å². The first kappa shape index (κ1) is 13.9. The molecule has 2 N–H and O–H groups in total. The fourth-order valence-electron chi connectivity index (χ4n) is 2.31. The molecule has 1 aromatic rings. The summed E-state index contributed by atoms with van der Waals surface area (Å²) in [5.41, 5.74) is 7.23. The Kier molecular flexibility index (Phi) is 4.85. The van der Waals surface area contributed by atoms with Gasteiger partial charge in [0.1, 0.15) is 4.99 Å². The molecule has 4 nitrogen and oxygen atoms in total. The second-order valence-corrected chi connectivity index (χ2v) is 5.33. The summed E-state index contributed by atoms with van der Waals surface area (Å²) in [4.78, 5) is 18.4. The van der Waals surface area contributed by atoms with E-state index < -0.39 is 0 Å². The molecule has 0 bridgehead atoms. The number of pyridine rings is 1. The van der Waals surface area contributed by atoms with E-state index in [1.807, 2.05) is 17.0 Å². The highest BCUT2D eigenvalue weighted by atomic mass is 32.1. The van der Waals surface area contributed by atoms with E-state index in [-0.39, 0.29) is 5.91 Å². The summed E-state index contributed by atoms with van der Waals surface area (Å²) in [6.45, 7) is 1.46. The van der Waals surface area contributed by atoms with Crippen molar-refractivity contribution >= 4 is 23.1 Å². The van der Waals surface area contributed by atoms with Gasteiger partial charge in [0.25, 0.3) is 0 Å². The lowest BCUT2D eigenvalue weighted by Gasteiger charge is -2.25. The number of amides is 1. The molecule has 0 radical (unpaired) electrons. The van der Waals surface area contributed by atoms with Crippen LogP contribution in [-0.2, 0) is 11.3 Å². The van der Waals surface area contributed by atoms with Gasteiger partial charge in [0.2, 0.25) is 5.91 Å². The van der Waals surface area contributed by atoms with Crippen LogP contribution in [0.4, 0.5) is 0 Å². The molecule has 1 fully saturated rings. The number of likely N-dealkylation sites (tertiary alicyclic amines) is 1. The van der Waals surface area contributed by atoms with E-state index in [1.54, 1.807) is 6.20 Å². The van der Waals surface area contributed by atoms with Crippen molar-refractivity contribution in [2.24, 2.45) is 5.73 Å². The predicted molar refractivity (Wildman–Crippen MR) is 78.6 cm³/mol. The highest BCUT2D eigenvalue weighted by Crippen LogP contribution is 2.14. The zero-order chi connectivity index (χ0) is 13.7. The van der Waals surface area contributed by atoms with Crippen LogP contribution in [0.5, 0.6) is 0 Å². The molecule has 2 rings (SSSR count). The molecule has 19 heavy (non-hydrogen) atoms. The molecule has 0 aromatic carbocycles. The number of carbonyl (C=O) groups is 1. The summed E-state index contributed by atoms with van der Waals surface area (Å²) in [6, 6.07) is 3.78. The summed E-state index contributed by atoms with van der Waals surface area (Å²) >= 11 is 4.92. The normalized spacial score (nSPS) is 16.8. The maximum absolute atomic E-state index is 12.1. The monoisotopic (exact) mass is 277 g/mol. The zero-order valence-electron chi connectivity index (χ0n) is 11.0. The lowest BCUT2D eigenvalue weighted by molar-refractivity contribution is -0.132. The van der Waals surface area contributed by atoms with Gasteiger partial charge in [-0.3, -0.25) is 9.78 Å². The fourth-order valence-corrected chi connectivity index (χ4v) is 2.42. The third-order valence-corrected chi connectivity index (χ3v) is 3.58. The van der Waals surface area contributed by atoms with Crippen molar-refractivity contribution in [3.8, 4) is 0 Å². The van der Waals surface area contributed by atoms with Crippen LogP contribution in [0.15, 0.2) is 18.3 Å². The van der Waals surface area contributed by atoms with Crippen LogP contribution < -0.4 is 5.73 Å². The van der Waals surface area contributed by atoms with E-state index in [2.05, 4.69) is 4.98 Å². The molecule has 1 aliphatic rings. The van der Waals surface area contributed by atoms with Gasteiger partial charge in [-0.15, -0.1) is 0 Å². The zero-order valence-corrected chi connectivity index (χ0v) is 11.8. The van der Waals surface area contributed by atoms with Crippen LogP contribution in [0.2, 0.25) is 0 Å². The van der Waals surface area contributed by atoms with Gasteiger partial charge in [0, 0.05) is 25.7 Å². The summed E-state index contributed by atoms with van der Waals surface area (Å²) in [7, 11) is 0. The first-order valence-electron chi connectivity index (χ1n) is 6.69. The third-order valence-electron chi connectivity index (χ3n) is 3.37. The minimum atomic E-state index is 0.244. The second kappa shape index (κ2) is 6.61. The van der Waals surface area contributed by atoms with E-state index in [9.17, 15) is 4.79 Å². The molecule has 0 saturated carbocycles. The average molecular weight is 277 g/mol. The van der Waals surface area contributed by atoms with Gasteiger partial charge in [0.05, 0.1) is 5.69 Å². The van der Waals surface area contributed by atoms with Crippen molar-refractivity contribution in [1.29, 1.82) is 0 Å². The van der Waals surface area contributed by atoms with Gasteiger partial charge >= 0.3 is 0 Å². The van der Waals surface area contributed by atoms with E-state index in [0.717, 1.165) is 24.9 Å². The Morgan fingerprint density at radius 3 is 2.95 bits per heavy atom. The molecule has 1 saturated heterocycles. The number of nitrogens with two attached hydrogens (primary N) is 1. The Bertz CT molecular complexity index is 476. The molecule has 0 atom stereocenters. The van der Waals surface area contributed by atoms with Crippen LogP contribution in [0.1, 0.15) is 43.4 Å². The molecule has 0 aliphatic carbocycles. The minimum absolute atomic E-state index is 0.244. The third kappa shape index (κ3) is 3.99. The number of carbonyl (C=O) groups excluding carboxylic acids is 1. The van der Waals surface area contributed by atoms with Crippen molar-refractivity contribution in [3.63, 3.8) is 0 Å². The molecule has 0 spiro atoms. The molecular weight excluding hydrogens is 258 g/mol. The van der Waals surface area contributed by atoms with E-state index in [4.69, 9.17) is 18.0 Å². The largest absolute Gasteiger partial charge is 0.388 e. The number of hydrogen-bond acceptors (Lipinski definition) is 3. The smallest absolute Gasteiger partial charge is 0.222 e. The van der Waals surface area contributed by atoms with Gasteiger partial charge in [-0.25, -0.2) is 0 Å². The highest BCUT2D eigenvalue weighted by Gasteiger charge is 2.16. The van der Waals surface area contributed by atoms with Crippen LogP contribution in [0.25, 0.3) is 0 Å². The first-order chi connectivity index (χ1) is 9.16. The van der Waals surface area contributed by atoms with E-state index in [0.29, 0.717) is 23.6 Å². The Balaban J connectivity index is 2.07. The molecule has 2 heterocycles. The molecule has 1 aromatic heterocycles. The molecule has 5 heteroatoms. The van der Waals surface area contributed by atoms with Gasteiger partial charge < -0.3 is 10.6 Å². The molecular formula is C14H19N3OS. The van der Waals surface area contributed by atoms with Crippen LogP contribution in [0, 0.1) is 0 Å². The quantitative estimate of drug-likeness (QED) is 0.859. The summed E-state index contributed by atoms with van der Waals surface area (Å²) < 4.78 is 0. The van der Waals surface area contributed by atoms with E-state index in [1.165, 1.54) is 12.8 Å². The SMILES string of the molecule is NC(=S)c1cc(CN2CCCCCCC2=O)ccn1. The van der Waals surface area contributed by atoms with Crippen LogP contribution in [-0.4, -0.2) is 27.3 Å². The summed E-state index contributed by atoms with van der Waals surface area (Å²) in [6.07, 6.45) is 6.81. The first-order valence-corrected chi connectivity index (χ1v) is 7.10. The Morgan fingerprint density at radius 1 is 1.37 bits per heavy atom.